The monoisotopic (exact) mass is 310 g/mol. The standard InChI is InChI=1S/C15H22N2O5/c1-8-16-17-12(19-8)15-6-13(2,3)21-10(15)9-11(18-7-15)22-14(4,5)20-9/h9-11H,6-7H2,1-5H3/t9-,10-,11-,15-/m0/s1. The number of ether oxygens (including phenoxy) is 4. The molecule has 1 aromatic heterocycles. The maximum absolute atomic E-state index is 6.31. The third-order valence-corrected chi connectivity index (χ3v) is 4.58. The summed E-state index contributed by atoms with van der Waals surface area (Å²) in [6.07, 6.45) is -0.231. The van der Waals surface area contributed by atoms with E-state index in [1.165, 1.54) is 0 Å². The number of nitrogens with zero attached hydrogens (tertiary/aromatic N) is 2. The molecule has 7 nitrogen and oxygen atoms in total. The molecule has 4 heterocycles. The summed E-state index contributed by atoms with van der Waals surface area (Å²) in [7, 11) is 0. The van der Waals surface area contributed by atoms with Crippen LogP contribution in [0.25, 0.3) is 0 Å². The molecule has 4 atom stereocenters. The zero-order valence-electron chi connectivity index (χ0n) is 13.6. The van der Waals surface area contributed by atoms with Crippen molar-refractivity contribution in [1.82, 2.24) is 10.2 Å². The summed E-state index contributed by atoms with van der Waals surface area (Å²) in [6, 6.07) is 0. The molecule has 0 bridgehead atoms. The predicted octanol–water partition coefficient (Wildman–Crippen LogP) is 1.69. The minimum Gasteiger partial charge on any atom is -0.425 e. The van der Waals surface area contributed by atoms with Gasteiger partial charge in [0.25, 0.3) is 0 Å². The van der Waals surface area contributed by atoms with Gasteiger partial charge in [0.1, 0.15) is 17.6 Å². The molecule has 7 heteroatoms. The molecule has 0 saturated carbocycles. The van der Waals surface area contributed by atoms with Crippen LogP contribution in [0.1, 0.15) is 45.9 Å². The lowest BCUT2D eigenvalue weighted by atomic mass is 9.74. The molecule has 0 radical (unpaired) electrons. The number of aryl methyl sites for hydroxylation is 1. The highest BCUT2D eigenvalue weighted by molar-refractivity contribution is 5.20. The summed E-state index contributed by atoms with van der Waals surface area (Å²) >= 11 is 0. The first kappa shape index (κ1) is 14.6. The van der Waals surface area contributed by atoms with Crippen molar-refractivity contribution in [3.8, 4) is 0 Å². The summed E-state index contributed by atoms with van der Waals surface area (Å²) in [5.41, 5.74) is -0.808. The zero-order chi connectivity index (χ0) is 15.8. The number of fused-ring (bicyclic) bond motifs is 3. The van der Waals surface area contributed by atoms with Gasteiger partial charge in [-0.2, -0.15) is 0 Å². The van der Waals surface area contributed by atoms with E-state index in [0.717, 1.165) is 6.42 Å². The van der Waals surface area contributed by atoms with Crippen LogP contribution >= 0.6 is 0 Å². The second-order valence-corrected chi connectivity index (χ2v) is 7.54. The first-order chi connectivity index (χ1) is 10.2. The Morgan fingerprint density at radius 1 is 1.05 bits per heavy atom. The molecule has 0 amide bonds. The highest BCUT2D eigenvalue weighted by Gasteiger charge is 2.66. The van der Waals surface area contributed by atoms with Gasteiger partial charge in [0.05, 0.1) is 12.2 Å². The lowest BCUT2D eigenvalue weighted by Crippen LogP contribution is -2.56. The van der Waals surface area contributed by atoms with Gasteiger partial charge in [-0.05, 0) is 34.1 Å². The summed E-state index contributed by atoms with van der Waals surface area (Å²) in [5.74, 6) is 0.415. The van der Waals surface area contributed by atoms with E-state index in [1.54, 1.807) is 6.92 Å². The quantitative estimate of drug-likeness (QED) is 0.781. The maximum atomic E-state index is 6.31. The molecular weight excluding hydrogens is 288 g/mol. The normalized spacial score (nSPS) is 42.1. The van der Waals surface area contributed by atoms with Crippen LogP contribution in [0.2, 0.25) is 0 Å². The molecule has 3 aliphatic rings. The van der Waals surface area contributed by atoms with Crippen LogP contribution in [0.3, 0.4) is 0 Å². The van der Waals surface area contributed by atoms with Gasteiger partial charge in [0, 0.05) is 6.92 Å². The minimum absolute atomic E-state index is 0.233. The molecular formula is C15H22N2O5. The summed E-state index contributed by atoms with van der Waals surface area (Å²) in [5, 5.41) is 8.22. The number of aromatic nitrogens is 2. The van der Waals surface area contributed by atoms with Crippen LogP contribution in [-0.2, 0) is 24.4 Å². The van der Waals surface area contributed by atoms with Gasteiger partial charge in [-0.25, -0.2) is 0 Å². The van der Waals surface area contributed by atoms with E-state index in [-0.39, 0.29) is 17.8 Å². The van der Waals surface area contributed by atoms with E-state index in [0.29, 0.717) is 18.4 Å². The maximum Gasteiger partial charge on any atom is 0.227 e. The fraction of sp³-hybridized carbons (Fsp3) is 0.867. The second kappa shape index (κ2) is 4.29. The first-order valence-electron chi connectivity index (χ1n) is 7.67. The van der Waals surface area contributed by atoms with Gasteiger partial charge < -0.3 is 23.4 Å². The fourth-order valence-corrected chi connectivity index (χ4v) is 3.95. The molecule has 0 spiro atoms. The lowest BCUT2D eigenvalue weighted by molar-refractivity contribution is -0.210. The van der Waals surface area contributed by atoms with Crippen molar-refractivity contribution in [2.24, 2.45) is 0 Å². The molecule has 22 heavy (non-hydrogen) atoms. The van der Waals surface area contributed by atoms with Crippen molar-refractivity contribution in [2.45, 2.75) is 76.3 Å². The van der Waals surface area contributed by atoms with Crippen LogP contribution in [0.15, 0.2) is 4.42 Å². The van der Waals surface area contributed by atoms with Crippen molar-refractivity contribution in [3.05, 3.63) is 11.8 Å². The van der Waals surface area contributed by atoms with Crippen molar-refractivity contribution in [3.63, 3.8) is 0 Å². The van der Waals surface area contributed by atoms with Gasteiger partial charge in [0.15, 0.2) is 12.1 Å². The smallest absolute Gasteiger partial charge is 0.227 e. The summed E-state index contributed by atoms with van der Waals surface area (Å²) in [6.45, 7) is 10.1. The van der Waals surface area contributed by atoms with Crippen molar-refractivity contribution in [1.29, 1.82) is 0 Å². The molecule has 0 unspecified atom stereocenters. The molecule has 0 aromatic carbocycles. The Balaban J connectivity index is 1.76. The van der Waals surface area contributed by atoms with Crippen LogP contribution in [0, 0.1) is 6.92 Å². The molecule has 4 rings (SSSR count). The molecule has 3 aliphatic heterocycles. The summed E-state index contributed by atoms with van der Waals surface area (Å²) < 4.78 is 29.9. The SMILES string of the molecule is Cc1nnc([C@@]23CO[C@H]4OC(C)(C)O[C@H]4[C@@H]2OC(C)(C)C3)o1. The molecule has 3 fully saturated rings. The van der Waals surface area contributed by atoms with Crippen molar-refractivity contribution >= 4 is 0 Å². The van der Waals surface area contributed by atoms with Gasteiger partial charge >= 0.3 is 0 Å². The Kier molecular flexibility index (Phi) is 2.84. The van der Waals surface area contributed by atoms with Crippen molar-refractivity contribution < 1.29 is 23.4 Å². The summed E-state index contributed by atoms with van der Waals surface area (Å²) in [4.78, 5) is 0. The van der Waals surface area contributed by atoms with Gasteiger partial charge in [-0.15, -0.1) is 10.2 Å². The molecule has 0 N–H and O–H groups in total. The highest BCUT2D eigenvalue weighted by atomic mass is 16.8. The van der Waals surface area contributed by atoms with Crippen LogP contribution in [-0.4, -0.2) is 46.7 Å². The third-order valence-electron chi connectivity index (χ3n) is 4.58. The fourth-order valence-electron chi connectivity index (χ4n) is 3.95. The molecule has 3 saturated heterocycles. The Morgan fingerprint density at radius 3 is 2.50 bits per heavy atom. The van der Waals surface area contributed by atoms with E-state index in [2.05, 4.69) is 24.0 Å². The Hall–Kier alpha value is -1.02. The number of rotatable bonds is 1. The Labute approximate surface area is 129 Å². The zero-order valence-corrected chi connectivity index (χ0v) is 13.6. The number of hydrogen-bond donors (Lipinski definition) is 0. The highest BCUT2D eigenvalue weighted by Crippen LogP contribution is 2.53. The Morgan fingerprint density at radius 2 is 1.82 bits per heavy atom. The number of hydrogen-bond acceptors (Lipinski definition) is 7. The van der Waals surface area contributed by atoms with Gasteiger partial charge in [-0.3, -0.25) is 0 Å². The van der Waals surface area contributed by atoms with Crippen LogP contribution < -0.4 is 0 Å². The van der Waals surface area contributed by atoms with E-state index < -0.39 is 17.5 Å². The molecule has 122 valence electrons. The van der Waals surface area contributed by atoms with Gasteiger partial charge in [-0.1, -0.05) is 0 Å². The van der Waals surface area contributed by atoms with Crippen LogP contribution in [0.4, 0.5) is 0 Å². The third kappa shape index (κ3) is 2.03. The van der Waals surface area contributed by atoms with E-state index in [9.17, 15) is 0 Å². The van der Waals surface area contributed by atoms with E-state index >= 15 is 0 Å². The first-order valence-corrected chi connectivity index (χ1v) is 7.67. The van der Waals surface area contributed by atoms with Crippen molar-refractivity contribution in [2.75, 3.05) is 6.61 Å². The molecule has 1 aromatic rings. The van der Waals surface area contributed by atoms with Gasteiger partial charge in [0.2, 0.25) is 11.8 Å². The molecule has 0 aliphatic carbocycles. The van der Waals surface area contributed by atoms with E-state index in [4.69, 9.17) is 23.4 Å². The Bertz CT molecular complexity index is 599. The van der Waals surface area contributed by atoms with Crippen LogP contribution in [0.5, 0.6) is 0 Å². The average molecular weight is 310 g/mol. The predicted molar refractivity (Wildman–Crippen MR) is 74.1 cm³/mol. The largest absolute Gasteiger partial charge is 0.425 e. The minimum atomic E-state index is -0.688. The second-order valence-electron chi connectivity index (χ2n) is 7.54. The average Bonchev–Trinajstić information content (AvgIpc) is 3.01. The topological polar surface area (TPSA) is 75.8 Å². The van der Waals surface area contributed by atoms with E-state index in [1.807, 2.05) is 13.8 Å². The lowest BCUT2D eigenvalue weighted by Gasteiger charge is -2.39.